The van der Waals surface area contributed by atoms with Crippen molar-refractivity contribution in [2.45, 2.75) is 50.6 Å². The first-order valence-electron chi connectivity index (χ1n) is 6.13. The van der Waals surface area contributed by atoms with Gasteiger partial charge in [0.15, 0.2) is 0 Å². The number of nitrogens with one attached hydrogen (secondary N) is 1. The molecule has 1 heterocycles. The predicted octanol–water partition coefficient (Wildman–Crippen LogP) is 1.84. The summed E-state index contributed by atoms with van der Waals surface area (Å²) in [6.07, 6.45) is 7.11. The van der Waals surface area contributed by atoms with Gasteiger partial charge in [0, 0.05) is 18.7 Å². The van der Waals surface area contributed by atoms with Gasteiger partial charge in [-0.1, -0.05) is 19.3 Å². The number of ether oxygens (including phenoxy) is 1. The van der Waals surface area contributed by atoms with Crippen molar-refractivity contribution in [2.24, 2.45) is 5.92 Å². The Morgan fingerprint density at radius 3 is 2.73 bits per heavy atom. The molecule has 0 amide bonds. The van der Waals surface area contributed by atoms with E-state index in [1.54, 1.807) is 0 Å². The molecule has 3 atom stereocenters. The lowest BCUT2D eigenvalue weighted by atomic mass is 9.95. The van der Waals surface area contributed by atoms with Crippen LogP contribution in [0.25, 0.3) is 0 Å². The summed E-state index contributed by atoms with van der Waals surface area (Å²) < 4.78 is 5.35. The standard InChI is InChI=1S/C12H20N2O/c13-8-10-4-2-1-3-5-12(10)14-11-6-7-15-9-11/h10-12,14H,1-7,9H2. The van der Waals surface area contributed by atoms with E-state index in [1.165, 1.54) is 19.3 Å². The third-order valence-corrected chi connectivity index (χ3v) is 3.56. The van der Waals surface area contributed by atoms with Crippen molar-refractivity contribution in [3.63, 3.8) is 0 Å². The van der Waals surface area contributed by atoms with Gasteiger partial charge >= 0.3 is 0 Å². The van der Waals surface area contributed by atoms with E-state index in [4.69, 9.17) is 10.00 Å². The Morgan fingerprint density at radius 2 is 2.00 bits per heavy atom. The van der Waals surface area contributed by atoms with Gasteiger partial charge in [0.05, 0.1) is 18.6 Å². The summed E-state index contributed by atoms with van der Waals surface area (Å²) in [5, 5.41) is 12.8. The molecule has 2 aliphatic rings. The Hall–Kier alpha value is -0.590. The van der Waals surface area contributed by atoms with Crippen molar-refractivity contribution in [3.05, 3.63) is 0 Å². The van der Waals surface area contributed by atoms with Crippen LogP contribution in [0.15, 0.2) is 0 Å². The van der Waals surface area contributed by atoms with Crippen molar-refractivity contribution in [1.82, 2.24) is 5.32 Å². The Morgan fingerprint density at radius 1 is 1.13 bits per heavy atom. The first-order valence-corrected chi connectivity index (χ1v) is 6.13. The highest BCUT2D eigenvalue weighted by Gasteiger charge is 2.27. The highest BCUT2D eigenvalue weighted by atomic mass is 16.5. The normalized spacial score (nSPS) is 37.1. The zero-order valence-electron chi connectivity index (χ0n) is 9.24. The van der Waals surface area contributed by atoms with Crippen LogP contribution in [0.3, 0.4) is 0 Å². The predicted molar refractivity (Wildman–Crippen MR) is 58.3 cm³/mol. The highest BCUT2D eigenvalue weighted by Crippen LogP contribution is 2.24. The van der Waals surface area contributed by atoms with Gasteiger partial charge in [-0.05, 0) is 19.3 Å². The van der Waals surface area contributed by atoms with E-state index in [1.807, 2.05) is 0 Å². The lowest BCUT2D eigenvalue weighted by Gasteiger charge is -2.24. The fourth-order valence-electron chi connectivity index (χ4n) is 2.63. The van der Waals surface area contributed by atoms with Gasteiger partial charge in [0.1, 0.15) is 0 Å². The Labute approximate surface area is 91.8 Å². The molecular weight excluding hydrogens is 188 g/mol. The van der Waals surface area contributed by atoms with Gasteiger partial charge in [-0.3, -0.25) is 0 Å². The summed E-state index contributed by atoms with van der Waals surface area (Å²) in [5.41, 5.74) is 0. The van der Waals surface area contributed by atoms with Gasteiger partial charge in [-0.2, -0.15) is 5.26 Å². The number of hydrogen-bond donors (Lipinski definition) is 1. The molecule has 3 heteroatoms. The second kappa shape index (κ2) is 5.48. The molecule has 1 N–H and O–H groups in total. The first kappa shape index (κ1) is 10.9. The van der Waals surface area contributed by atoms with Crippen molar-refractivity contribution in [2.75, 3.05) is 13.2 Å². The van der Waals surface area contributed by atoms with Gasteiger partial charge in [-0.15, -0.1) is 0 Å². The van der Waals surface area contributed by atoms with Gasteiger partial charge < -0.3 is 10.1 Å². The van der Waals surface area contributed by atoms with E-state index >= 15 is 0 Å². The summed E-state index contributed by atoms with van der Waals surface area (Å²) in [4.78, 5) is 0. The fourth-order valence-corrected chi connectivity index (χ4v) is 2.63. The third-order valence-electron chi connectivity index (χ3n) is 3.56. The molecule has 0 bridgehead atoms. The minimum absolute atomic E-state index is 0.216. The van der Waals surface area contributed by atoms with E-state index in [0.29, 0.717) is 12.1 Å². The minimum Gasteiger partial charge on any atom is -0.380 e. The van der Waals surface area contributed by atoms with Crippen LogP contribution in [0.5, 0.6) is 0 Å². The first-order chi connectivity index (χ1) is 7.40. The Kier molecular flexibility index (Phi) is 3.99. The molecule has 84 valence electrons. The molecule has 2 fully saturated rings. The minimum atomic E-state index is 0.216. The molecule has 15 heavy (non-hydrogen) atoms. The van der Waals surface area contributed by atoms with Gasteiger partial charge in [0.25, 0.3) is 0 Å². The smallest absolute Gasteiger partial charge is 0.0672 e. The molecule has 0 spiro atoms. The number of nitriles is 1. The zero-order valence-corrected chi connectivity index (χ0v) is 9.24. The molecule has 3 nitrogen and oxygen atoms in total. The monoisotopic (exact) mass is 208 g/mol. The lowest BCUT2D eigenvalue weighted by Crippen LogP contribution is -2.42. The van der Waals surface area contributed by atoms with Crippen molar-refractivity contribution in [3.8, 4) is 6.07 Å². The topological polar surface area (TPSA) is 45.0 Å². The number of nitrogens with zero attached hydrogens (tertiary/aromatic N) is 1. The van der Waals surface area contributed by atoms with Crippen LogP contribution in [0.1, 0.15) is 38.5 Å². The maximum atomic E-state index is 9.14. The molecule has 0 radical (unpaired) electrons. The maximum absolute atomic E-state index is 9.14. The Balaban J connectivity index is 1.88. The summed E-state index contributed by atoms with van der Waals surface area (Å²) in [5.74, 6) is 0.216. The summed E-state index contributed by atoms with van der Waals surface area (Å²) >= 11 is 0. The third kappa shape index (κ3) is 2.93. The SMILES string of the molecule is N#CC1CCCCCC1NC1CCOC1. The van der Waals surface area contributed by atoms with Crippen LogP contribution in [0, 0.1) is 17.2 Å². The van der Waals surface area contributed by atoms with Gasteiger partial charge in [0.2, 0.25) is 0 Å². The van der Waals surface area contributed by atoms with E-state index in [-0.39, 0.29) is 5.92 Å². The second-order valence-corrected chi connectivity index (χ2v) is 4.71. The van der Waals surface area contributed by atoms with Gasteiger partial charge in [-0.25, -0.2) is 0 Å². The zero-order chi connectivity index (χ0) is 10.5. The van der Waals surface area contributed by atoms with Crippen LogP contribution in [0.2, 0.25) is 0 Å². The highest BCUT2D eigenvalue weighted by molar-refractivity contribution is 4.95. The molecule has 2 rings (SSSR count). The Bertz CT molecular complexity index is 230. The number of hydrogen-bond acceptors (Lipinski definition) is 3. The molecule has 0 aromatic carbocycles. The largest absolute Gasteiger partial charge is 0.380 e. The van der Waals surface area contributed by atoms with Crippen LogP contribution < -0.4 is 5.32 Å². The van der Waals surface area contributed by atoms with Crippen LogP contribution in [0.4, 0.5) is 0 Å². The van der Waals surface area contributed by atoms with Crippen LogP contribution in [-0.4, -0.2) is 25.3 Å². The van der Waals surface area contributed by atoms with Crippen molar-refractivity contribution < 1.29 is 4.74 Å². The van der Waals surface area contributed by atoms with Crippen molar-refractivity contribution in [1.29, 1.82) is 5.26 Å². The molecular formula is C12H20N2O. The van der Waals surface area contributed by atoms with E-state index in [9.17, 15) is 0 Å². The van der Waals surface area contributed by atoms with Crippen molar-refractivity contribution >= 4 is 0 Å². The fraction of sp³-hybridized carbons (Fsp3) is 0.917. The summed E-state index contributed by atoms with van der Waals surface area (Å²) in [7, 11) is 0. The molecule has 0 aromatic heterocycles. The molecule has 0 aromatic rings. The van der Waals surface area contributed by atoms with Crippen LogP contribution >= 0.6 is 0 Å². The average molecular weight is 208 g/mol. The lowest BCUT2D eigenvalue weighted by molar-refractivity contribution is 0.185. The molecule has 3 unspecified atom stereocenters. The second-order valence-electron chi connectivity index (χ2n) is 4.71. The van der Waals surface area contributed by atoms with E-state index in [2.05, 4.69) is 11.4 Å². The van der Waals surface area contributed by atoms with E-state index in [0.717, 1.165) is 32.5 Å². The van der Waals surface area contributed by atoms with E-state index < -0.39 is 0 Å². The molecule has 1 aliphatic carbocycles. The molecule has 1 aliphatic heterocycles. The number of rotatable bonds is 2. The van der Waals surface area contributed by atoms with Crippen LogP contribution in [-0.2, 0) is 4.74 Å². The average Bonchev–Trinajstić information content (AvgIpc) is 2.64. The maximum Gasteiger partial charge on any atom is 0.0672 e. The summed E-state index contributed by atoms with van der Waals surface area (Å²) in [6, 6.07) is 3.36. The molecule has 1 saturated carbocycles. The summed E-state index contributed by atoms with van der Waals surface area (Å²) in [6.45, 7) is 1.70. The molecule has 1 saturated heterocycles. The quantitative estimate of drug-likeness (QED) is 0.704.